The van der Waals surface area contributed by atoms with Crippen LogP contribution >= 0.6 is 12.4 Å². The molecule has 2 heterocycles. The fourth-order valence-electron chi connectivity index (χ4n) is 2.37. The molecule has 0 atom stereocenters. The lowest BCUT2D eigenvalue weighted by Gasteiger charge is -2.27. The molecule has 0 aliphatic carbocycles. The summed E-state index contributed by atoms with van der Waals surface area (Å²) in [6.45, 7) is 3.87. The number of para-hydroxylation sites is 1. The Morgan fingerprint density at radius 1 is 1.10 bits per heavy atom. The van der Waals surface area contributed by atoms with Gasteiger partial charge in [0.15, 0.2) is 0 Å². The van der Waals surface area contributed by atoms with Crippen molar-refractivity contribution in [2.75, 3.05) is 38.2 Å². The van der Waals surface area contributed by atoms with E-state index in [0.29, 0.717) is 0 Å². The highest BCUT2D eigenvalue weighted by atomic mass is 35.5. The molecule has 1 fully saturated rings. The van der Waals surface area contributed by atoms with Gasteiger partial charge >= 0.3 is 0 Å². The molecular formula is C15H19ClN4O. The van der Waals surface area contributed by atoms with E-state index < -0.39 is 0 Å². The van der Waals surface area contributed by atoms with E-state index in [1.54, 1.807) is 7.11 Å². The van der Waals surface area contributed by atoms with Crippen molar-refractivity contribution in [3.63, 3.8) is 0 Å². The molecule has 0 bridgehead atoms. The zero-order chi connectivity index (χ0) is 13.8. The summed E-state index contributed by atoms with van der Waals surface area (Å²) in [7, 11) is 1.68. The number of rotatable bonds is 3. The standard InChI is InChI=1S/C15H18N4O.ClH/c1-20-14-5-3-2-4-13(14)12-10-17-15(18-11-12)19-8-6-16-7-9-19;/h2-5,10-11,16H,6-9H2,1H3;1H. The van der Waals surface area contributed by atoms with Crippen molar-refractivity contribution in [1.82, 2.24) is 15.3 Å². The molecule has 112 valence electrons. The van der Waals surface area contributed by atoms with Gasteiger partial charge in [-0.1, -0.05) is 18.2 Å². The normalized spacial score (nSPS) is 14.4. The maximum atomic E-state index is 5.37. The summed E-state index contributed by atoms with van der Waals surface area (Å²) in [6.07, 6.45) is 3.73. The first-order chi connectivity index (χ1) is 9.88. The van der Waals surface area contributed by atoms with Gasteiger partial charge in [-0.05, 0) is 6.07 Å². The van der Waals surface area contributed by atoms with Crippen LogP contribution in [0, 0.1) is 0 Å². The van der Waals surface area contributed by atoms with Gasteiger partial charge in [-0.25, -0.2) is 9.97 Å². The monoisotopic (exact) mass is 306 g/mol. The highest BCUT2D eigenvalue weighted by Gasteiger charge is 2.13. The SMILES string of the molecule is COc1ccccc1-c1cnc(N2CCNCC2)nc1.Cl. The average molecular weight is 307 g/mol. The predicted octanol–water partition coefficient (Wildman–Crippen LogP) is 1.98. The molecule has 1 N–H and O–H groups in total. The van der Waals surface area contributed by atoms with Crippen LogP contribution in [0.1, 0.15) is 0 Å². The van der Waals surface area contributed by atoms with Gasteiger partial charge in [-0.15, -0.1) is 12.4 Å². The minimum Gasteiger partial charge on any atom is -0.496 e. The van der Waals surface area contributed by atoms with E-state index in [1.165, 1.54) is 0 Å². The number of ether oxygens (including phenoxy) is 1. The van der Waals surface area contributed by atoms with Gasteiger partial charge < -0.3 is 15.0 Å². The predicted molar refractivity (Wildman–Crippen MR) is 86.4 cm³/mol. The third kappa shape index (κ3) is 3.43. The first-order valence-corrected chi connectivity index (χ1v) is 6.79. The van der Waals surface area contributed by atoms with Crippen molar-refractivity contribution in [3.8, 4) is 16.9 Å². The molecule has 1 aliphatic rings. The van der Waals surface area contributed by atoms with E-state index in [-0.39, 0.29) is 12.4 Å². The van der Waals surface area contributed by atoms with E-state index in [2.05, 4.69) is 20.2 Å². The molecular weight excluding hydrogens is 288 g/mol. The molecule has 0 saturated carbocycles. The minimum atomic E-state index is 0. The zero-order valence-electron chi connectivity index (χ0n) is 12.0. The topological polar surface area (TPSA) is 50.3 Å². The molecule has 1 saturated heterocycles. The fourth-order valence-corrected chi connectivity index (χ4v) is 2.37. The summed E-state index contributed by atoms with van der Waals surface area (Å²) < 4.78 is 5.37. The molecule has 0 spiro atoms. The van der Waals surface area contributed by atoms with Crippen molar-refractivity contribution in [1.29, 1.82) is 0 Å². The van der Waals surface area contributed by atoms with E-state index >= 15 is 0 Å². The van der Waals surface area contributed by atoms with Crippen molar-refractivity contribution in [2.24, 2.45) is 0 Å². The summed E-state index contributed by atoms with van der Waals surface area (Å²) in [4.78, 5) is 11.2. The number of anilines is 1. The molecule has 0 amide bonds. The highest BCUT2D eigenvalue weighted by molar-refractivity contribution is 5.85. The lowest BCUT2D eigenvalue weighted by molar-refractivity contribution is 0.416. The van der Waals surface area contributed by atoms with Gasteiger partial charge in [-0.3, -0.25) is 0 Å². The van der Waals surface area contributed by atoms with Gasteiger partial charge in [0, 0.05) is 49.7 Å². The quantitative estimate of drug-likeness (QED) is 0.940. The first kappa shape index (κ1) is 15.5. The van der Waals surface area contributed by atoms with Crippen molar-refractivity contribution in [3.05, 3.63) is 36.7 Å². The lowest BCUT2D eigenvalue weighted by Crippen LogP contribution is -2.44. The molecule has 1 aromatic heterocycles. The number of nitrogens with zero attached hydrogens (tertiary/aromatic N) is 3. The van der Waals surface area contributed by atoms with Crippen LogP contribution in [0.5, 0.6) is 5.75 Å². The van der Waals surface area contributed by atoms with Gasteiger partial charge in [0.2, 0.25) is 5.95 Å². The average Bonchev–Trinajstić information content (AvgIpc) is 2.56. The number of piperazine rings is 1. The van der Waals surface area contributed by atoms with E-state index in [4.69, 9.17) is 4.74 Å². The van der Waals surface area contributed by atoms with Crippen LogP contribution in [-0.4, -0.2) is 43.3 Å². The van der Waals surface area contributed by atoms with Crippen LogP contribution in [-0.2, 0) is 0 Å². The van der Waals surface area contributed by atoms with Crippen LogP contribution in [0.15, 0.2) is 36.7 Å². The van der Waals surface area contributed by atoms with Gasteiger partial charge in [0.25, 0.3) is 0 Å². The summed E-state index contributed by atoms with van der Waals surface area (Å²) in [5.41, 5.74) is 1.99. The Balaban J connectivity index is 0.00000161. The fraction of sp³-hybridized carbons (Fsp3) is 0.333. The van der Waals surface area contributed by atoms with Crippen LogP contribution in [0.25, 0.3) is 11.1 Å². The number of aromatic nitrogens is 2. The molecule has 2 aromatic rings. The molecule has 1 aliphatic heterocycles. The Bertz CT molecular complexity index is 570. The Morgan fingerprint density at radius 3 is 2.43 bits per heavy atom. The van der Waals surface area contributed by atoms with E-state index in [1.807, 2.05) is 36.7 Å². The molecule has 3 rings (SSSR count). The van der Waals surface area contributed by atoms with Gasteiger partial charge in [0.05, 0.1) is 7.11 Å². The third-order valence-electron chi connectivity index (χ3n) is 3.46. The Kier molecular flexibility index (Phi) is 5.36. The Morgan fingerprint density at radius 2 is 1.76 bits per heavy atom. The molecule has 5 nitrogen and oxygen atoms in total. The van der Waals surface area contributed by atoms with Crippen LogP contribution in [0.3, 0.4) is 0 Å². The van der Waals surface area contributed by atoms with E-state index in [9.17, 15) is 0 Å². The summed E-state index contributed by atoms with van der Waals surface area (Å²) in [6, 6.07) is 7.90. The maximum absolute atomic E-state index is 5.37. The van der Waals surface area contributed by atoms with Gasteiger partial charge in [-0.2, -0.15) is 0 Å². The zero-order valence-corrected chi connectivity index (χ0v) is 12.8. The summed E-state index contributed by atoms with van der Waals surface area (Å²) in [5, 5.41) is 3.32. The molecule has 0 unspecified atom stereocenters. The van der Waals surface area contributed by atoms with Crippen LogP contribution in [0.4, 0.5) is 5.95 Å². The second kappa shape index (κ2) is 7.24. The number of benzene rings is 1. The van der Waals surface area contributed by atoms with Crippen LogP contribution < -0.4 is 15.0 Å². The second-order valence-corrected chi connectivity index (χ2v) is 4.71. The summed E-state index contributed by atoms with van der Waals surface area (Å²) in [5.74, 6) is 1.64. The Labute approximate surface area is 130 Å². The maximum Gasteiger partial charge on any atom is 0.225 e. The summed E-state index contributed by atoms with van der Waals surface area (Å²) >= 11 is 0. The van der Waals surface area contributed by atoms with E-state index in [0.717, 1.165) is 49.0 Å². The highest BCUT2D eigenvalue weighted by Crippen LogP contribution is 2.28. The third-order valence-corrected chi connectivity index (χ3v) is 3.46. The molecule has 0 radical (unpaired) electrons. The number of hydrogen-bond donors (Lipinski definition) is 1. The smallest absolute Gasteiger partial charge is 0.225 e. The number of halogens is 1. The van der Waals surface area contributed by atoms with Gasteiger partial charge in [0.1, 0.15) is 5.75 Å². The van der Waals surface area contributed by atoms with Crippen molar-refractivity contribution < 1.29 is 4.74 Å². The first-order valence-electron chi connectivity index (χ1n) is 6.79. The van der Waals surface area contributed by atoms with Crippen LogP contribution in [0.2, 0.25) is 0 Å². The van der Waals surface area contributed by atoms with Crippen molar-refractivity contribution in [2.45, 2.75) is 0 Å². The number of methoxy groups -OCH3 is 1. The number of nitrogens with one attached hydrogen (secondary N) is 1. The molecule has 21 heavy (non-hydrogen) atoms. The Hall–Kier alpha value is -1.85. The largest absolute Gasteiger partial charge is 0.496 e. The minimum absolute atomic E-state index is 0. The number of hydrogen-bond acceptors (Lipinski definition) is 5. The molecule has 6 heteroatoms. The second-order valence-electron chi connectivity index (χ2n) is 4.71. The van der Waals surface area contributed by atoms with Crippen molar-refractivity contribution >= 4 is 18.4 Å². The lowest BCUT2D eigenvalue weighted by atomic mass is 10.1. The molecule has 1 aromatic carbocycles.